The molecule has 32 heavy (non-hydrogen) atoms. The first-order valence-corrected chi connectivity index (χ1v) is 10.4. The lowest BCUT2D eigenvalue weighted by Gasteiger charge is -2.13. The van der Waals surface area contributed by atoms with Crippen molar-refractivity contribution in [2.45, 2.75) is 6.42 Å². The number of pyridine rings is 1. The Morgan fingerprint density at radius 2 is 2.06 bits per heavy atom. The second kappa shape index (κ2) is 9.98. The molecule has 4 rings (SSSR count). The van der Waals surface area contributed by atoms with E-state index in [2.05, 4.69) is 31.7 Å². The molecule has 7 nitrogen and oxygen atoms in total. The average Bonchev–Trinajstić information content (AvgIpc) is 3.23. The SMILES string of the molecule is COc1ccc(NC(=NCCc2c[nH]c3ccccc23)NC(=O)c2cccnc2)cc1Cl. The average molecular weight is 448 g/mol. The molecule has 162 valence electrons. The normalized spacial score (nSPS) is 11.4. The lowest BCUT2D eigenvalue weighted by atomic mass is 10.1. The van der Waals surface area contributed by atoms with Gasteiger partial charge in [0.25, 0.3) is 5.91 Å². The van der Waals surface area contributed by atoms with E-state index in [1.807, 2.05) is 24.4 Å². The van der Waals surface area contributed by atoms with Crippen molar-refractivity contribution in [2.24, 2.45) is 4.99 Å². The maximum atomic E-state index is 12.7. The number of anilines is 1. The number of methoxy groups -OCH3 is 1. The number of H-pyrrole nitrogens is 1. The molecule has 0 aliphatic heterocycles. The maximum Gasteiger partial charge on any atom is 0.259 e. The van der Waals surface area contributed by atoms with Crippen LogP contribution in [0.4, 0.5) is 5.69 Å². The van der Waals surface area contributed by atoms with Gasteiger partial charge in [-0.15, -0.1) is 0 Å². The van der Waals surface area contributed by atoms with Crippen molar-refractivity contribution in [1.29, 1.82) is 0 Å². The number of rotatable bonds is 6. The van der Waals surface area contributed by atoms with Gasteiger partial charge in [-0.1, -0.05) is 29.8 Å². The van der Waals surface area contributed by atoms with Gasteiger partial charge >= 0.3 is 0 Å². The molecule has 8 heteroatoms. The fraction of sp³-hybridized carbons (Fsp3) is 0.125. The number of para-hydroxylation sites is 1. The monoisotopic (exact) mass is 447 g/mol. The van der Waals surface area contributed by atoms with Gasteiger partial charge in [0.1, 0.15) is 5.75 Å². The van der Waals surface area contributed by atoms with E-state index in [9.17, 15) is 4.79 Å². The van der Waals surface area contributed by atoms with Crippen molar-refractivity contribution in [3.63, 3.8) is 0 Å². The lowest BCUT2D eigenvalue weighted by molar-refractivity contribution is 0.0976. The molecule has 4 aromatic rings. The minimum Gasteiger partial charge on any atom is -0.495 e. The van der Waals surface area contributed by atoms with Crippen LogP contribution in [0.2, 0.25) is 5.02 Å². The van der Waals surface area contributed by atoms with Crippen molar-refractivity contribution >= 4 is 40.1 Å². The zero-order valence-electron chi connectivity index (χ0n) is 17.4. The summed E-state index contributed by atoms with van der Waals surface area (Å²) in [5.74, 6) is 0.574. The van der Waals surface area contributed by atoms with Gasteiger partial charge in [-0.2, -0.15) is 0 Å². The number of nitrogens with one attached hydrogen (secondary N) is 3. The molecule has 3 N–H and O–H groups in total. The molecule has 2 aromatic heterocycles. The molecule has 0 aliphatic rings. The van der Waals surface area contributed by atoms with E-state index in [1.54, 1.807) is 43.6 Å². The molecule has 0 unspecified atom stereocenters. The van der Waals surface area contributed by atoms with Crippen molar-refractivity contribution in [3.05, 3.63) is 89.3 Å². The van der Waals surface area contributed by atoms with Crippen LogP contribution >= 0.6 is 11.6 Å². The molecule has 0 spiro atoms. The first-order chi connectivity index (χ1) is 15.6. The van der Waals surface area contributed by atoms with Crippen LogP contribution in [-0.4, -0.2) is 35.5 Å². The summed E-state index contributed by atoms with van der Waals surface area (Å²) in [6.45, 7) is 0.474. The smallest absolute Gasteiger partial charge is 0.259 e. The highest BCUT2D eigenvalue weighted by Crippen LogP contribution is 2.27. The van der Waals surface area contributed by atoms with E-state index in [0.717, 1.165) is 11.1 Å². The van der Waals surface area contributed by atoms with Crippen molar-refractivity contribution < 1.29 is 9.53 Å². The van der Waals surface area contributed by atoms with E-state index in [4.69, 9.17) is 16.3 Å². The molecule has 0 saturated carbocycles. The second-order valence-corrected chi connectivity index (χ2v) is 7.42. The third kappa shape index (κ3) is 5.07. The van der Waals surface area contributed by atoms with Crippen molar-refractivity contribution in [2.75, 3.05) is 19.0 Å². The van der Waals surface area contributed by atoms with E-state index >= 15 is 0 Å². The quantitative estimate of drug-likeness (QED) is 0.296. The summed E-state index contributed by atoms with van der Waals surface area (Å²) in [6.07, 6.45) is 5.82. The highest BCUT2D eigenvalue weighted by molar-refractivity contribution is 6.32. The second-order valence-electron chi connectivity index (χ2n) is 7.01. The molecule has 2 aromatic carbocycles. The Balaban J connectivity index is 1.53. The van der Waals surface area contributed by atoms with Gasteiger partial charge in [0.15, 0.2) is 0 Å². The molecule has 1 amide bonds. The van der Waals surface area contributed by atoms with Crippen LogP contribution in [0.15, 0.2) is 78.2 Å². The van der Waals surface area contributed by atoms with Gasteiger partial charge in [-0.3, -0.25) is 20.1 Å². The third-order valence-corrected chi connectivity index (χ3v) is 5.19. The number of aromatic amines is 1. The van der Waals surface area contributed by atoms with Gasteiger partial charge < -0.3 is 15.0 Å². The Bertz CT molecular complexity index is 1250. The number of carbonyl (C=O) groups excluding carboxylic acids is 1. The summed E-state index contributed by atoms with van der Waals surface area (Å²) in [4.78, 5) is 24.5. The largest absolute Gasteiger partial charge is 0.495 e. The van der Waals surface area contributed by atoms with Crippen LogP contribution in [0.5, 0.6) is 5.75 Å². The van der Waals surface area contributed by atoms with Crippen molar-refractivity contribution in [3.8, 4) is 5.75 Å². The molecule has 0 atom stereocenters. The molecule has 2 heterocycles. The van der Waals surface area contributed by atoms with Crippen LogP contribution in [0.1, 0.15) is 15.9 Å². The highest BCUT2D eigenvalue weighted by Gasteiger charge is 2.11. The summed E-state index contributed by atoms with van der Waals surface area (Å²) in [5.41, 5.74) is 3.36. The van der Waals surface area contributed by atoms with E-state index in [1.165, 1.54) is 11.6 Å². The fourth-order valence-corrected chi connectivity index (χ4v) is 3.55. The number of aromatic nitrogens is 2. The Morgan fingerprint density at radius 1 is 1.19 bits per heavy atom. The summed E-state index contributed by atoms with van der Waals surface area (Å²) in [7, 11) is 1.56. The number of halogens is 1. The number of hydrogen-bond donors (Lipinski definition) is 3. The molecule has 0 saturated heterocycles. The molecule has 0 fully saturated rings. The van der Waals surface area contributed by atoms with E-state index < -0.39 is 0 Å². The number of aliphatic imine (C=N–C) groups is 1. The fourth-order valence-electron chi connectivity index (χ4n) is 3.29. The van der Waals surface area contributed by atoms with Gasteiger partial charge in [0, 0.05) is 41.7 Å². The van der Waals surface area contributed by atoms with E-state index in [0.29, 0.717) is 40.9 Å². The number of hydrogen-bond acceptors (Lipinski definition) is 4. The molecule has 0 aliphatic carbocycles. The molecular formula is C24H22ClN5O2. The molecule has 0 radical (unpaired) electrons. The van der Waals surface area contributed by atoms with Gasteiger partial charge in [0.2, 0.25) is 5.96 Å². The number of fused-ring (bicyclic) bond motifs is 1. The zero-order chi connectivity index (χ0) is 22.3. The van der Waals surface area contributed by atoms with Gasteiger partial charge in [-0.05, 0) is 48.4 Å². The van der Waals surface area contributed by atoms with Crippen LogP contribution in [0.25, 0.3) is 10.9 Å². The van der Waals surface area contributed by atoms with Crippen molar-refractivity contribution in [1.82, 2.24) is 15.3 Å². The molecular weight excluding hydrogens is 426 g/mol. The highest BCUT2D eigenvalue weighted by atomic mass is 35.5. The number of carbonyl (C=O) groups is 1. The number of ether oxygens (including phenoxy) is 1. The third-order valence-electron chi connectivity index (χ3n) is 4.90. The first-order valence-electron chi connectivity index (χ1n) is 10.1. The number of benzene rings is 2. The van der Waals surface area contributed by atoms with Gasteiger partial charge in [-0.25, -0.2) is 0 Å². The Hall–Kier alpha value is -3.84. The lowest BCUT2D eigenvalue weighted by Crippen LogP contribution is -2.36. The van der Waals surface area contributed by atoms with Crippen LogP contribution in [-0.2, 0) is 6.42 Å². The topological polar surface area (TPSA) is 91.4 Å². The Morgan fingerprint density at radius 3 is 2.84 bits per heavy atom. The summed E-state index contributed by atoms with van der Waals surface area (Å²) in [5, 5.41) is 7.58. The Labute approximate surface area is 190 Å². The first kappa shape index (κ1) is 21.4. The minimum atomic E-state index is -0.309. The predicted octanol–water partition coefficient (Wildman–Crippen LogP) is 4.67. The predicted molar refractivity (Wildman–Crippen MR) is 128 cm³/mol. The number of amides is 1. The minimum absolute atomic E-state index is 0.309. The van der Waals surface area contributed by atoms with Crippen LogP contribution in [0.3, 0.4) is 0 Å². The van der Waals surface area contributed by atoms with Crippen LogP contribution < -0.4 is 15.4 Å². The number of guanidine groups is 1. The summed E-state index contributed by atoms with van der Waals surface area (Å²) in [6, 6.07) is 16.8. The number of nitrogens with zero attached hydrogens (tertiary/aromatic N) is 2. The maximum absolute atomic E-state index is 12.7. The zero-order valence-corrected chi connectivity index (χ0v) is 18.2. The summed E-state index contributed by atoms with van der Waals surface area (Å²) < 4.78 is 5.20. The molecule has 0 bridgehead atoms. The summed E-state index contributed by atoms with van der Waals surface area (Å²) >= 11 is 6.24. The Kier molecular flexibility index (Phi) is 6.67. The van der Waals surface area contributed by atoms with E-state index in [-0.39, 0.29) is 5.91 Å². The standard InChI is InChI=1S/C24H22ClN5O2/c1-32-22-9-8-18(13-20(22)25)29-24(30-23(31)17-5-4-11-26-14-17)27-12-10-16-15-28-21-7-3-2-6-19(16)21/h2-9,11,13-15,28H,10,12H2,1H3,(H2,27,29,30,31). The van der Waals surface area contributed by atoms with Crippen LogP contribution in [0, 0.1) is 0 Å². The van der Waals surface area contributed by atoms with Gasteiger partial charge in [0.05, 0.1) is 17.7 Å².